The van der Waals surface area contributed by atoms with Crippen molar-refractivity contribution in [1.82, 2.24) is 4.98 Å². The number of aryl methyl sites for hydroxylation is 4. The van der Waals surface area contributed by atoms with Crippen molar-refractivity contribution in [2.45, 2.75) is 27.7 Å². The summed E-state index contributed by atoms with van der Waals surface area (Å²) in [5, 5.41) is 2.20. The summed E-state index contributed by atoms with van der Waals surface area (Å²) < 4.78 is 0. The number of pyridine rings is 1. The van der Waals surface area contributed by atoms with Crippen LogP contribution in [0.25, 0.3) is 10.8 Å². The summed E-state index contributed by atoms with van der Waals surface area (Å²) in [7, 11) is 9.53. The van der Waals surface area contributed by atoms with Crippen molar-refractivity contribution >= 4 is 54.8 Å². The van der Waals surface area contributed by atoms with Crippen LogP contribution in [0.3, 0.4) is 0 Å². The fraction of sp³-hybridized carbons (Fsp3) is 0.148. The van der Waals surface area contributed by atoms with E-state index in [1.54, 1.807) is 0 Å². The number of aromatic nitrogens is 1. The van der Waals surface area contributed by atoms with Crippen LogP contribution < -0.4 is 0 Å². The Morgan fingerprint density at radius 2 is 1.18 bits per heavy atom. The van der Waals surface area contributed by atoms with Crippen molar-refractivity contribution in [2.24, 2.45) is 9.98 Å². The van der Waals surface area contributed by atoms with Gasteiger partial charge in [0, 0.05) is 5.39 Å². The molecule has 0 aliphatic carbocycles. The zero-order chi connectivity index (χ0) is 23.8. The topological polar surface area (TPSA) is 37.6 Å². The molecule has 0 aliphatic rings. The second-order valence-electron chi connectivity index (χ2n) is 7.70. The first kappa shape index (κ1) is 25.1. The molecule has 0 atom stereocenters. The van der Waals surface area contributed by atoms with Gasteiger partial charge in [-0.05, 0) is 61.4 Å². The molecule has 0 aliphatic heterocycles. The molecule has 3 nitrogen and oxygen atoms in total. The van der Waals surface area contributed by atoms with Crippen LogP contribution in [0.15, 0.2) is 76.7 Å². The third kappa shape index (κ3) is 6.52. The number of hydrogen-bond donors (Lipinski definition) is 0. The van der Waals surface area contributed by atoms with Crippen LogP contribution in [0, 0.1) is 27.7 Å². The Balaban J connectivity index is 0.000000968. The van der Waals surface area contributed by atoms with E-state index in [0.717, 1.165) is 55.8 Å². The predicted molar refractivity (Wildman–Crippen MR) is 140 cm³/mol. The first-order valence-corrected chi connectivity index (χ1v) is 13.4. The first-order chi connectivity index (χ1) is 15.9. The number of halogens is 2. The average molecular weight is 518 g/mol. The molecule has 0 spiro atoms. The van der Waals surface area contributed by atoms with E-state index < -0.39 is 0 Å². The third-order valence-corrected chi connectivity index (χ3v) is 5.31. The van der Waals surface area contributed by atoms with Gasteiger partial charge in [-0.25, -0.2) is 4.98 Å². The number of para-hydroxylation sites is 2. The molecule has 6 heteroatoms. The van der Waals surface area contributed by atoms with Crippen LogP contribution in [0.4, 0.5) is 11.4 Å². The van der Waals surface area contributed by atoms with E-state index in [4.69, 9.17) is 35.2 Å². The fourth-order valence-electron chi connectivity index (χ4n) is 3.69. The minimum atomic E-state index is 0.194. The van der Waals surface area contributed by atoms with Crippen molar-refractivity contribution in [1.29, 1.82) is 0 Å². The number of rotatable bonds is 4. The molecule has 3 aromatic carbocycles. The molecule has 0 radical (unpaired) electrons. The number of fused-ring (bicyclic) bond motifs is 1. The Morgan fingerprint density at radius 1 is 0.697 bits per heavy atom. The van der Waals surface area contributed by atoms with Crippen LogP contribution in [-0.4, -0.2) is 17.4 Å². The molecule has 0 N–H and O–H groups in total. The molecule has 1 aromatic heterocycles. The van der Waals surface area contributed by atoms with Gasteiger partial charge >= 0.3 is 33.3 Å². The Bertz CT molecular complexity index is 1280. The number of benzene rings is 3. The molecule has 0 bridgehead atoms. The Hall–Kier alpha value is -2.49. The molecular formula is C27H25Cl2FeN3. The quantitative estimate of drug-likeness (QED) is 0.198. The molecule has 0 fully saturated rings. The zero-order valence-corrected chi connectivity index (χ0v) is 21.6. The van der Waals surface area contributed by atoms with E-state index in [0.29, 0.717) is 0 Å². The molecule has 0 saturated heterocycles. The van der Waals surface area contributed by atoms with Gasteiger partial charge in [0.2, 0.25) is 0 Å². The summed E-state index contributed by atoms with van der Waals surface area (Å²) in [6, 6.07) is 22.8. The van der Waals surface area contributed by atoms with E-state index >= 15 is 0 Å². The average Bonchev–Trinajstić information content (AvgIpc) is 2.79. The summed E-state index contributed by atoms with van der Waals surface area (Å²) in [6.45, 7) is 8.32. The molecule has 4 rings (SSSR count). The SMILES string of the molecule is Cc1cccc(C)c1N=Cc1cc2ccccc2c(C=Nc2c(C)cccc2C)n1.[Cl][Fe][Cl]. The van der Waals surface area contributed by atoms with Gasteiger partial charge in [-0.3, -0.25) is 9.98 Å². The molecular weight excluding hydrogens is 493 g/mol. The van der Waals surface area contributed by atoms with Crippen molar-refractivity contribution in [3.05, 3.63) is 100 Å². The van der Waals surface area contributed by atoms with Gasteiger partial charge in [0.25, 0.3) is 0 Å². The normalized spacial score (nSPS) is 11.3. The third-order valence-electron chi connectivity index (χ3n) is 5.31. The number of hydrogen-bond acceptors (Lipinski definition) is 3. The fourth-order valence-corrected chi connectivity index (χ4v) is 3.69. The Kier molecular flexibility index (Phi) is 9.22. The van der Waals surface area contributed by atoms with Crippen LogP contribution in [0.5, 0.6) is 0 Å². The molecule has 33 heavy (non-hydrogen) atoms. The zero-order valence-electron chi connectivity index (χ0n) is 19.0. The van der Waals surface area contributed by atoms with Gasteiger partial charge in [0.15, 0.2) is 0 Å². The maximum atomic E-state index is 4.85. The van der Waals surface area contributed by atoms with Gasteiger partial charge < -0.3 is 0 Å². The van der Waals surface area contributed by atoms with E-state index in [-0.39, 0.29) is 13.1 Å². The van der Waals surface area contributed by atoms with Crippen LogP contribution in [-0.2, 0) is 13.1 Å². The standard InChI is InChI=1S/C27H25N3.2ClH.Fe/c1-18-9-7-10-19(2)26(18)28-16-23-15-22-13-5-6-14-24(22)25(30-23)17-29-27-20(3)11-8-12-21(27)4;;;/h5-17H,1-4H3;2*1H;/q;;;+2/p-2. The van der Waals surface area contributed by atoms with Gasteiger partial charge in [0.1, 0.15) is 0 Å². The van der Waals surface area contributed by atoms with Gasteiger partial charge in [0.05, 0.1) is 35.2 Å². The van der Waals surface area contributed by atoms with Crippen molar-refractivity contribution in [3.63, 3.8) is 0 Å². The summed E-state index contributed by atoms with van der Waals surface area (Å²) in [5.41, 5.74) is 8.29. The van der Waals surface area contributed by atoms with Crippen molar-refractivity contribution in [2.75, 3.05) is 0 Å². The summed E-state index contributed by atoms with van der Waals surface area (Å²) in [4.78, 5) is 14.4. The van der Waals surface area contributed by atoms with Gasteiger partial charge in [-0.15, -0.1) is 0 Å². The first-order valence-electron chi connectivity index (χ1n) is 10.4. The summed E-state index contributed by atoms with van der Waals surface area (Å²) >= 11 is 0.194. The number of aliphatic imine (C=N–C) groups is 2. The molecule has 1 heterocycles. The van der Waals surface area contributed by atoms with E-state index in [1.807, 2.05) is 24.6 Å². The molecule has 0 unspecified atom stereocenters. The molecule has 170 valence electrons. The summed E-state index contributed by atoms with van der Waals surface area (Å²) in [6.07, 6.45) is 3.71. The minimum absolute atomic E-state index is 0.194. The van der Waals surface area contributed by atoms with E-state index in [1.165, 1.54) is 0 Å². The second-order valence-corrected chi connectivity index (χ2v) is 9.52. The van der Waals surface area contributed by atoms with E-state index in [2.05, 4.69) is 82.3 Å². The predicted octanol–water partition coefficient (Wildman–Crippen LogP) is 8.35. The van der Waals surface area contributed by atoms with Crippen LogP contribution >= 0.6 is 20.2 Å². The molecule has 4 aromatic rings. The van der Waals surface area contributed by atoms with Gasteiger partial charge in [-0.1, -0.05) is 60.7 Å². The van der Waals surface area contributed by atoms with Crippen molar-refractivity contribution < 1.29 is 13.1 Å². The monoisotopic (exact) mass is 517 g/mol. The second kappa shape index (κ2) is 12.1. The van der Waals surface area contributed by atoms with Crippen LogP contribution in [0.1, 0.15) is 33.6 Å². The molecule has 0 amide bonds. The van der Waals surface area contributed by atoms with E-state index in [9.17, 15) is 0 Å². The number of nitrogens with zero attached hydrogens (tertiary/aromatic N) is 3. The van der Waals surface area contributed by atoms with Crippen LogP contribution in [0.2, 0.25) is 0 Å². The Labute approximate surface area is 210 Å². The summed E-state index contributed by atoms with van der Waals surface area (Å²) in [5.74, 6) is 0. The van der Waals surface area contributed by atoms with Crippen molar-refractivity contribution in [3.8, 4) is 0 Å². The van der Waals surface area contributed by atoms with Gasteiger partial charge in [-0.2, -0.15) is 0 Å². The Morgan fingerprint density at radius 3 is 1.73 bits per heavy atom. The maximum absolute atomic E-state index is 4.85. The molecule has 0 saturated carbocycles.